The Balaban J connectivity index is 2.03. The van der Waals surface area contributed by atoms with Gasteiger partial charge < -0.3 is 9.80 Å². The highest BCUT2D eigenvalue weighted by molar-refractivity contribution is 7.80. The van der Waals surface area contributed by atoms with Crippen molar-refractivity contribution in [2.45, 2.75) is 13.1 Å². The van der Waals surface area contributed by atoms with E-state index in [0.717, 1.165) is 11.4 Å². The number of nitro benzene ring substituents is 1. The fraction of sp³-hybridized carbons (Fsp3) is 0.200. The molecule has 1 aromatic carbocycles. The molecular weight excluding hydrogens is 300 g/mol. The molecule has 2 aliphatic rings. The topological polar surface area (TPSA) is 62.0 Å². The molecule has 0 spiro atoms. The summed E-state index contributed by atoms with van der Waals surface area (Å²) in [6, 6.07) is 6.56. The van der Waals surface area contributed by atoms with Crippen molar-refractivity contribution in [2.24, 2.45) is 4.99 Å². The van der Waals surface area contributed by atoms with Gasteiger partial charge in [-0.15, -0.1) is 0 Å². The summed E-state index contributed by atoms with van der Waals surface area (Å²) in [4.78, 5) is 18.8. The Hall–Kier alpha value is -2.54. The van der Waals surface area contributed by atoms with Gasteiger partial charge in [0.2, 0.25) is 0 Å². The Kier molecular flexibility index (Phi) is 3.72. The number of allylic oxidation sites excluding steroid dienone is 2. The maximum atomic E-state index is 10.8. The van der Waals surface area contributed by atoms with Crippen molar-refractivity contribution < 1.29 is 4.92 Å². The van der Waals surface area contributed by atoms with Gasteiger partial charge in [-0.25, -0.2) is 4.99 Å². The molecule has 0 saturated heterocycles. The van der Waals surface area contributed by atoms with Gasteiger partial charge in [0.15, 0.2) is 5.11 Å². The van der Waals surface area contributed by atoms with E-state index in [1.807, 2.05) is 41.2 Å². The molecule has 3 rings (SSSR count). The molecule has 0 radical (unpaired) electrons. The van der Waals surface area contributed by atoms with Gasteiger partial charge in [-0.2, -0.15) is 0 Å². The number of thiocarbonyl (C=S) groups is 1. The third-order valence-electron chi connectivity index (χ3n) is 3.62. The highest BCUT2D eigenvalue weighted by Crippen LogP contribution is 2.32. The van der Waals surface area contributed by atoms with Crippen LogP contribution in [0.25, 0.3) is 0 Å². The SMILES string of the molecule is CCN1C(=S)N=C2C=CC=CN2C1c1ccc([N+](=O)[O-])cc1. The lowest BCUT2D eigenvalue weighted by molar-refractivity contribution is -0.384. The second-order valence-corrected chi connectivity index (χ2v) is 5.23. The lowest BCUT2D eigenvalue weighted by Crippen LogP contribution is -2.48. The number of hydrogen-bond acceptors (Lipinski definition) is 4. The molecule has 0 aliphatic carbocycles. The first kappa shape index (κ1) is 14.4. The lowest BCUT2D eigenvalue weighted by Gasteiger charge is -2.43. The van der Waals surface area contributed by atoms with Crippen LogP contribution >= 0.6 is 12.2 Å². The second kappa shape index (κ2) is 5.69. The summed E-state index contributed by atoms with van der Waals surface area (Å²) in [6.45, 7) is 2.71. The molecule has 6 nitrogen and oxygen atoms in total. The summed E-state index contributed by atoms with van der Waals surface area (Å²) in [5.41, 5.74) is 1.01. The Bertz CT molecular complexity index is 709. The van der Waals surface area contributed by atoms with Crippen molar-refractivity contribution in [2.75, 3.05) is 6.54 Å². The molecule has 1 aromatic rings. The molecule has 22 heavy (non-hydrogen) atoms. The summed E-state index contributed by atoms with van der Waals surface area (Å²) in [5.74, 6) is 0.778. The lowest BCUT2D eigenvalue weighted by atomic mass is 10.1. The Labute approximate surface area is 133 Å². The summed E-state index contributed by atoms with van der Waals surface area (Å²) in [7, 11) is 0. The zero-order chi connectivity index (χ0) is 15.7. The number of aliphatic imine (C=N–C) groups is 1. The summed E-state index contributed by atoms with van der Waals surface area (Å²) in [6.07, 6.45) is 7.53. The Morgan fingerprint density at radius 2 is 2.05 bits per heavy atom. The first-order valence-electron chi connectivity index (χ1n) is 6.88. The van der Waals surface area contributed by atoms with E-state index < -0.39 is 4.92 Å². The third-order valence-corrected chi connectivity index (χ3v) is 3.95. The van der Waals surface area contributed by atoms with Crippen LogP contribution < -0.4 is 0 Å². The first-order valence-corrected chi connectivity index (χ1v) is 7.29. The highest BCUT2D eigenvalue weighted by Gasteiger charge is 2.33. The summed E-state index contributed by atoms with van der Waals surface area (Å²) >= 11 is 5.38. The zero-order valence-electron chi connectivity index (χ0n) is 11.9. The number of hydrogen-bond donors (Lipinski definition) is 0. The fourth-order valence-corrected chi connectivity index (χ4v) is 2.90. The van der Waals surface area contributed by atoms with E-state index in [4.69, 9.17) is 12.2 Å². The number of non-ortho nitro benzene ring substituents is 1. The molecular formula is C15H14N4O2S. The molecule has 1 unspecified atom stereocenters. The van der Waals surface area contributed by atoms with Gasteiger partial charge in [-0.1, -0.05) is 6.08 Å². The number of rotatable bonds is 3. The summed E-state index contributed by atoms with van der Waals surface area (Å²) in [5, 5.41) is 11.3. The molecule has 2 aliphatic heterocycles. The maximum Gasteiger partial charge on any atom is 0.269 e. The van der Waals surface area contributed by atoms with Gasteiger partial charge in [-0.05, 0) is 49.0 Å². The van der Waals surface area contributed by atoms with Crippen molar-refractivity contribution in [1.29, 1.82) is 0 Å². The molecule has 7 heteroatoms. The number of nitrogens with zero attached hydrogens (tertiary/aromatic N) is 4. The Morgan fingerprint density at radius 1 is 1.32 bits per heavy atom. The van der Waals surface area contributed by atoms with E-state index in [1.54, 1.807) is 12.1 Å². The highest BCUT2D eigenvalue weighted by atomic mass is 32.1. The molecule has 112 valence electrons. The number of fused-ring (bicyclic) bond motifs is 1. The van der Waals surface area contributed by atoms with Gasteiger partial charge in [0.05, 0.1) is 4.92 Å². The quantitative estimate of drug-likeness (QED) is 0.487. The van der Waals surface area contributed by atoms with Crippen molar-refractivity contribution in [1.82, 2.24) is 9.80 Å². The summed E-state index contributed by atoms with van der Waals surface area (Å²) < 4.78 is 0. The third kappa shape index (κ3) is 2.39. The molecule has 0 aromatic heterocycles. The van der Waals surface area contributed by atoms with Crippen molar-refractivity contribution in [3.05, 3.63) is 64.4 Å². The van der Waals surface area contributed by atoms with Gasteiger partial charge in [-0.3, -0.25) is 10.1 Å². The van der Waals surface area contributed by atoms with E-state index in [9.17, 15) is 10.1 Å². The van der Waals surface area contributed by atoms with Crippen LogP contribution in [0.4, 0.5) is 5.69 Å². The number of nitro groups is 1. The Morgan fingerprint density at radius 3 is 2.68 bits per heavy atom. The molecule has 0 fully saturated rings. The van der Waals surface area contributed by atoms with Gasteiger partial charge in [0.25, 0.3) is 5.69 Å². The largest absolute Gasteiger partial charge is 0.323 e. The van der Waals surface area contributed by atoms with Gasteiger partial charge >= 0.3 is 0 Å². The second-order valence-electron chi connectivity index (χ2n) is 4.87. The minimum atomic E-state index is -0.400. The molecule has 2 heterocycles. The minimum absolute atomic E-state index is 0.0770. The van der Waals surface area contributed by atoms with Crippen LogP contribution in [0.1, 0.15) is 18.7 Å². The average molecular weight is 314 g/mol. The van der Waals surface area contributed by atoms with Crippen molar-refractivity contribution >= 4 is 28.9 Å². The smallest absolute Gasteiger partial charge is 0.269 e. The van der Waals surface area contributed by atoms with E-state index >= 15 is 0 Å². The molecule has 0 saturated carbocycles. The van der Waals surface area contributed by atoms with Crippen molar-refractivity contribution in [3.8, 4) is 0 Å². The van der Waals surface area contributed by atoms with Crippen LogP contribution in [-0.4, -0.2) is 32.2 Å². The zero-order valence-corrected chi connectivity index (χ0v) is 12.7. The minimum Gasteiger partial charge on any atom is -0.323 e. The molecule has 0 N–H and O–H groups in total. The van der Waals surface area contributed by atoms with Crippen LogP contribution in [0.15, 0.2) is 53.7 Å². The van der Waals surface area contributed by atoms with Crippen molar-refractivity contribution in [3.63, 3.8) is 0 Å². The van der Waals surface area contributed by atoms with Gasteiger partial charge in [0, 0.05) is 24.9 Å². The number of amidine groups is 1. The van der Waals surface area contributed by atoms with E-state index in [1.165, 1.54) is 12.1 Å². The normalized spacial score (nSPS) is 20.0. The predicted molar refractivity (Wildman–Crippen MR) is 88.4 cm³/mol. The fourth-order valence-electron chi connectivity index (χ4n) is 2.58. The van der Waals surface area contributed by atoms with E-state index in [-0.39, 0.29) is 11.9 Å². The molecule has 0 bridgehead atoms. The van der Waals surface area contributed by atoms with E-state index in [0.29, 0.717) is 11.7 Å². The molecule has 1 atom stereocenters. The first-order chi connectivity index (χ1) is 10.6. The van der Waals surface area contributed by atoms with Crippen LogP contribution in [0.3, 0.4) is 0 Å². The average Bonchev–Trinajstić information content (AvgIpc) is 2.53. The maximum absolute atomic E-state index is 10.8. The van der Waals surface area contributed by atoms with Crippen LogP contribution in [0.2, 0.25) is 0 Å². The molecule has 0 amide bonds. The van der Waals surface area contributed by atoms with Gasteiger partial charge in [0.1, 0.15) is 12.0 Å². The van der Waals surface area contributed by atoms with E-state index in [2.05, 4.69) is 4.99 Å². The van der Waals surface area contributed by atoms with Crippen LogP contribution in [-0.2, 0) is 0 Å². The van der Waals surface area contributed by atoms with Crippen LogP contribution in [0.5, 0.6) is 0 Å². The standard InChI is InChI=1S/C15H14N4O2S/c1-2-17-14(11-6-8-12(9-7-11)19(20)21)18-10-4-3-5-13(18)16-15(17)22/h3-10,14H,2H2,1H3. The monoisotopic (exact) mass is 314 g/mol. The number of benzene rings is 1. The predicted octanol–water partition coefficient (Wildman–Crippen LogP) is 3.00. The van der Waals surface area contributed by atoms with Crippen LogP contribution in [0, 0.1) is 10.1 Å².